The summed E-state index contributed by atoms with van der Waals surface area (Å²) in [5, 5.41) is 3.63. The van der Waals surface area contributed by atoms with Gasteiger partial charge in [-0.15, -0.1) is 0 Å². The Morgan fingerprint density at radius 1 is 1.09 bits per heavy atom. The summed E-state index contributed by atoms with van der Waals surface area (Å²) in [6.07, 6.45) is 2.80. The van der Waals surface area contributed by atoms with Gasteiger partial charge in [-0.3, -0.25) is 0 Å². The highest BCUT2D eigenvalue weighted by Crippen LogP contribution is 2.22. The lowest BCUT2D eigenvalue weighted by molar-refractivity contribution is 0.313. The first-order valence-electron chi connectivity index (χ1n) is 4.87. The molecule has 1 saturated carbocycles. The predicted molar refractivity (Wildman–Crippen MR) is 49.6 cm³/mol. The van der Waals surface area contributed by atoms with E-state index in [0.717, 1.165) is 17.9 Å². The Morgan fingerprint density at radius 2 is 1.64 bits per heavy atom. The Hall–Kier alpha value is -0.0400. The minimum atomic E-state index is 0.697. The molecule has 1 fully saturated rings. The summed E-state index contributed by atoms with van der Waals surface area (Å²) in [5.74, 6) is 1.60. The van der Waals surface area contributed by atoms with Gasteiger partial charge in [0.05, 0.1) is 0 Å². The Bertz CT molecular complexity index is 116. The van der Waals surface area contributed by atoms with Gasteiger partial charge in [0, 0.05) is 12.1 Å². The van der Waals surface area contributed by atoms with Crippen LogP contribution in [0.15, 0.2) is 0 Å². The van der Waals surface area contributed by atoms with E-state index >= 15 is 0 Å². The largest absolute Gasteiger partial charge is 0.311 e. The molecule has 11 heavy (non-hydrogen) atoms. The van der Waals surface area contributed by atoms with Gasteiger partial charge in [0.1, 0.15) is 0 Å². The fourth-order valence-corrected chi connectivity index (χ4v) is 1.35. The van der Waals surface area contributed by atoms with Crippen molar-refractivity contribution in [3.8, 4) is 0 Å². The highest BCUT2D eigenvalue weighted by atomic mass is 15.0. The zero-order valence-corrected chi connectivity index (χ0v) is 8.22. The van der Waals surface area contributed by atoms with Crippen LogP contribution in [0.25, 0.3) is 0 Å². The molecule has 0 aromatic rings. The maximum atomic E-state index is 3.63. The SMILES string of the molecule is CC(C)C(C)C(C)NC1CC1. The predicted octanol–water partition coefficient (Wildman–Crippen LogP) is 2.42. The summed E-state index contributed by atoms with van der Waals surface area (Å²) in [6, 6.07) is 1.55. The van der Waals surface area contributed by atoms with Crippen LogP contribution >= 0.6 is 0 Å². The Labute approximate surface area is 70.6 Å². The molecule has 66 valence electrons. The summed E-state index contributed by atoms with van der Waals surface area (Å²) in [5.41, 5.74) is 0. The van der Waals surface area contributed by atoms with Crippen molar-refractivity contribution in [1.29, 1.82) is 0 Å². The second kappa shape index (κ2) is 3.57. The van der Waals surface area contributed by atoms with Crippen molar-refractivity contribution in [2.45, 2.75) is 52.6 Å². The van der Waals surface area contributed by atoms with Gasteiger partial charge in [0.2, 0.25) is 0 Å². The third kappa shape index (κ3) is 2.82. The molecule has 0 aliphatic heterocycles. The minimum absolute atomic E-state index is 0.697. The highest BCUT2D eigenvalue weighted by Gasteiger charge is 2.25. The second-order valence-electron chi connectivity index (χ2n) is 4.33. The summed E-state index contributed by atoms with van der Waals surface area (Å²) in [6.45, 7) is 9.25. The normalized spacial score (nSPS) is 23.7. The lowest BCUT2D eigenvalue weighted by Gasteiger charge is -2.24. The maximum absolute atomic E-state index is 3.63. The fraction of sp³-hybridized carbons (Fsp3) is 1.00. The molecule has 2 atom stereocenters. The first kappa shape index (κ1) is 9.05. The molecule has 0 aromatic heterocycles. The van der Waals surface area contributed by atoms with E-state index in [1.54, 1.807) is 0 Å². The quantitative estimate of drug-likeness (QED) is 0.657. The molecule has 0 heterocycles. The Morgan fingerprint density at radius 3 is 2.00 bits per heavy atom. The van der Waals surface area contributed by atoms with E-state index in [2.05, 4.69) is 33.0 Å². The van der Waals surface area contributed by atoms with Crippen molar-refractivity contribution in [1.82, 2.24) is 5.32 Å². The van der Waals surface area contributed by atoms with Crippen LogP contribution in [0.3, 0.4) is 0 Å². The molecule has 1 nitrogen and oxygen atoms in total. The van der Waals surface area contributed by atoms with Gasteiger partial charge in [-0.25, -0.2) is 0 Å². The van der Waals surface area contributed by atoms with E-state index in [1.165, 1.54) is 12.8 Å². The first-order chi connectivity index (χ1) is 5.11. The molecule has 1 aliphatic carbocycles. The van der Waals surface area contributed by atoms with Crippen molar-refractivity contribution in [3.05, 3.63) is 0 Å². The molecular formula is C10H21N. The number of nitrogens with one attached hydrogen (secondary N) is 1. The molecule has 1 aliphatic rings. The Kier molecular flexibility index (Phi) is 2.94. The van der Waals surface area contributed by atoms with E-state index in [0.29, 0.717) is 6.04 Å². The summed E-state index contributed by atoms with van der Waals surface area (Å²) in [4.78, 5) is 0. The van der Waals surface area contributed by atoms with E-state index in [9.17, 15) is 0 Å². The fourth-order valence-electron chi connectivity index (χ4n) is 1.35. The van der Waals surface area contributed by atoms with Crippen LogP contribution in [-0.4, -0.2) is 12.1 Å². The smallest absolute Gasteiger partial charge is 0.00708 e. The average Bonchev–Trinajstić information content (AvgIpc) is 2.69. The first-order valence-corrected chi connectivity index (χ1v) is 4.87. The lowest BCUT2D eigenvalue weighted by atomic mass is 9.91. The van der Waals surface area contributed by atoms with E-state index in [-0.39, 0.29) is 0 Å². The molecule has 0 spiro atoms. The van der Waals surface area contributed by atoms with Crippen molar-refractivity contribution >= 4 is 0 Å². The van der Waals surface area contributed by atoms with E-state index < -0.39 is 0 Å². The minimum Gasteiger partial charge on any atom is -0.311 e. The van der Waals surface area contributed by atoms with Crippen molar-refractivity contribution in [3.63, 3.8) is 0 Å². The molecular weight excluding hydrogens is 134 g/mol. The Balaban J connectivity index is 2.20. The van der Waals surface area contributed by atoms with Crippen molar-refractivity contribution in [2.75, 3.05) is 0 Å². The number of hydrogen-bond acceptors (Lipinski definition) is 1. The second-order valence-corrected chi connectivity index (χ2v) is 4.33. The van der Waals surface area contributed by atoms with Crippen molar-refractivity contribution in [2.24, 2.45) is 11.8 Å². The molecule has 1 N–H and O–H groups in total. The monoisotopic (exact) mass is 155 g/mol. The molecule has 2 unspecified atom stereocenters. The van der Waals surface area contributed by atoms with Gasteiger partial charge in [-0.2, -0.15) is 0 Å². The topological polar surface area (TPSA) is 12.0 Å². The van der Waals surface area contributed by atoms with Crippen LogP contribution in [0.1, 0.15) is 40.5 Å². The molecule has 0 bridgehead atoms. The van der Waals surface area contributed by atoms with Gasteiger partial charge in [-0.1, -0.05) is 20.8 Å². The van der Waals surface area contributed by atoms with Gasteiger partial charge < -0.3 is 5.32 Å². The van der Waals surface area contributed by atoms with Gasteiger partial charge in [-0.05, 0) is 31.6 Å². The van der Waals surface area contributed by atoms with Gasteiger partial charge in [0.15, 0.2) is 0 Å². The van der Waals surface area contributed by atoms with E-state index in [4.69, 9.17) is 0 Å². The number of hydrogen-bond donors (Lipinski definition) is 1. The average molecular weight is 155 g/mol. The lowest BCUT2D eigenvalue weighted by Crippen LogP contribution is -2.35. The molecule has 0 amide bonds. The molecule has 0 aromatic carbocycles. The standard InChI is InChI=1S/C10H21N/c1-7(2)8(3)9(4)11-10-5-6-10/h7-11H,5-6H2,1-4H3. The highest BCUT2D eigenvalue weighted by molar-refractivity contribution is 4.85. The number of rotatable bonds is 4. The molecule has 0 saturated heterocycles. The third-order valence-electron chi connectivity index (χ3n) is 2.92. The zero-order chi connectivity index (χ0) is 8.43. The van der Waals surface area contributed by atoms with Crippen LogP contribution in [0, 0.1) is 11.8 Å². The third-order valence-corrected chi connectivity index (χ3v) is 2.92. The van der Waals surface area contributed by atoms with Crippen LogP contribution in [-0.2, 0) is 0 Å². The van der Waals surface area contributed by atoms with Crippen LogP contribution in [0.2, 0.25) is 0 Å². The molecule has 0 radical (unpaired) electrons. The summed E-state index contributed by atoms with van der Waals surface area (Å²) >= 11 is 0. The van der Waals surface area contributed by atoms with Crippen LogP contribution in [0.4, 0.5) is 0 Å². The zero-order valence-electron chi connectivity index (χ0n) is 8.22. The van der Waals surface area contributed by atoms with Crippen LogP contribution < -0.4 is 5.32 Å². The van der Waals surface area contributed by atoms with Gasteiger partial charge in [0.25, 0.3) is 0 Å². The summed E-state index contributed by atoms with van der Waals surface area (Å²) < 4.78 is 0. The van der Waals surface area contributed by atoms with Crippen molar-refractivity contribution < 1.29 is 0 Å². The van der Waals surface area contributed by atoms with Gasteiger partial charge >= 0.3 is 0 Å². The van der Waals surface area contributed by atoms with Crippen LogP contribution in [0.5, 0.6) is 0 Å². The summed E-state index contributed by atoms with van der Waals surface area (Å²) in [7, 11) is 0. The molecule has 1 rings (SSSR count). The van der Waals surface area contributed by atoms with E-state index in [1.807, 2.05) is 0 Å². The maximum Gasteiger partial charge on any atom is 0.00708 e. The molecule has 1 heteroatoms.